The SMILES string of the molecule is CC1(C)c2cc(N3CCN(C4CC4)CC3)c(-c3ccccc3)cc2C(=O)c2c1[nH]c1cc(C#N)ccc21. The second-order valence-corrected chi connectivity index (χ2v) is 11.2. The molecular formula is C32H30N4O. The number of H-pyrrole nitrogens is 1. The van der Waals surface area contributed by atoms with Gasteiger partial charge in [0.2, 0.25) is 0 Å². The fourth-order valence-electron chi connectivity index (χ4n) is 6.41. The van der Waals surface area contributed by atoms with Crippen LogP contribution < -0.4 is 4.90 Å². The Morgan fingerprint density at radius 2 is 1.70 bits per heavy atom. The Hall–Kier alpha value is -3.88. The number of anilines is 1. The number of carbonyl (C=O) groups is 1. The number of fused-ring (bicyclic) bond motifs is 4. The van der Waals surface area contributed by atoms with E-state index < -0.39 is 0 Å². The van der Waals surface area contributed by atoms with Crippen LogP contribution in [0.5, 0.6) is 0 Å². The first-order valence-electron chi connectivity index (χ1n) is 13.3. The van der Waals surface area contributed by atoms with Crippen molar-refractivity contribution in [1.82, 2.24) is 9.88 Å². The van der Waals surface area contributed by atoms with Crippen molar-refractivity contribution >= 4 is 22.4 Å². The highest BCUT2D eigenvalue weighted by Crippen LogP contribution is 2.47. The van der Waals surface area contributed by atoms with E-state index in [2.05, 4.69) is 71.1 Å². The molecule has 7 rings (SSSR count). The summed E-state index contributed by atoms with van der Waals surface area (Å²) in [6.07, 6.45) is 2.68. The molecule has 2 fully saturated rings. The van der Waals surface area contributed by atoms with Crippen LogP contribution in [0.2, 0.25) is 0 Å². The summed E-state index contributed by atoms with van der Waals surface area (Å²) in [5, 5.41) is 10.3. The Morgan fingerprint density at radius 1 is 0.946 bits per heavy atom. The second-order valence-electron chi connectivity index (χ2n) is 11.2. The van der Waals surface area contributed by atoms with Crippen molar-refractivity contribution in [3.63, 3.8) is 0 Å². The van der Waals surface area contributed by atoms with Crippen LogP contribution in [0.1, 0.15) is 59.4 Å². The molecular weight excluding hydrogens is 456 g/mol. The van der Waals surface area contributed by atoms with E-state index in [9.17, 15) is 10.1 Å². The molecule has 0 spiro atoms. The summed E-state index contributed by atoms with van der Waals surface area (Å²) in [4.78, 5) is 22.8. The molecule has 1 aromatic heterocycles. The third-order valence-corrected chi connectivity index (χ3v) is 8.64. The van der Waals surface area contributed by atoms with Crippen molar-refractivity contribution in [2.45, 2.75) is 38.1 Å². The maximum atomic E-state index is 14.1. The van der Waals surface area contributed by atoms with Crippen LogP contribution in [0, 0.1) is 11.3 Å². The summed E-state index contributed by atoms with van der Waals surface area (Å²) in [5.41, 5.74) is 8.05. The van der Waals surface area contributed by atoms with Gasteiger partial charge in [-0.3, -0.25) is 9.69 Å². The molecule has 0 unspecified atom stereocenters. The van der Waals surface area contributed by atoms with E-state index >= 15 is 0 Å². The Morgan fingerprint density at radius 3 is 2.41 bits per heavy atom. The molecule has 184 valence electrons. The van der Waals surface area contributed by atoms with Gasteiger partial charge in [0.05, 0.1) is 17.2 Å². The molecule has 1 saturated heterocycles. The molecule has 2 aliphatic carbocycles. The van der Waals surface area contributed by atoms with E-state index in [1.54, 1.807) is 6.07 Å². The minimum atomic E-state index is -0.385. The number of nitrogens with zero attached hydrogens (tertiary/aromatic N) is 3. The number of aromatic amines is 1. The number of ketones is 1. The fourth-order valence-corrected chi connectivity index (χ4v) is 6.41. The summed E-state index contributed by atoms with van der Waals surface area (Å²) < 4.78 is 0. The first-order valence-corrected chi connectivity index (χ1v) is 13.3. The smallest absolute Gasteiger partial charge is 0.195 e. The van der Waals surface area contributed by atoms with Crippen LogP contribution in [0.4, 0.5) is 5.69 Å². The van der Waals surface area contributed by atoms with Gasteiger partial charge in [-0.25, -0.2) is 0 Å². The summed E-state index contributed by atoms with van der Waals surface area (Å²) in [6.45, 7) is 8.58. The predicted octanol–water partition coefficient (Wildman–Crippen LogP) is 5.86. The maximum absolute atomic E-state index is 14.1. The third kappa shape index (κ3) is 3.43. The molecule has 1 aliphatic heterocycles. The highest BCUT2D eigenvalue weighted by Gasteiger charge is 2.41. The van der Waals surface area contributed by atoms with Crippen LogP contribution >= 0.6 is 0 Å². The van der Waals surface area contributed by atoms with Crippen LogP contribution in [-0.4, -0.2) is 47.9 Å². The average molecular weight is 487 g/mol. The summed E-state index contributed by atoms with van der Waals surface area (Å²) in [7, 11) is 0. The van der Waals surface area contributed by atoms with Crippen molar-refractivity contribution in [3.8, 4) is 17.2 Å². The van der Waals surface area contributed by atoms with Crippen molar-refractivity contribution in [2.24, 2.45) is 0 Å². The van der Waals surface area contributed by atoms with Gasteiger partial charge in [0.15, 0.2) is 5.78 Å². The van der Waals surface area contributed by atoms with Gasteiger partial charge in [-0.2, -0.15) is 5.26 Å². The first kappa shape index (κ1) is 22.3. The second kappa shape index (κ2) is 8.06. The highest BCUT2D eigenvalue weighted by molar-refractivity contribution is 6.20. The molecule has 5 nitrogen and oxygen atoms in total. The molecule has 5 heteroatoms. The molecule has 4 aromatic rings. The van der Waals surface area contributed by atoms with E-state index in [-0.39, 0.29) is 11.2 Å². The number of nitrogens with one attached hydrogen (secondary N) is 1. The van der Waals surface area contributed by atoms with E-state index in [1.807, 2.05) is 18.2 Å². The van der Waals surface area contributed by atoms with E-state index in [1.165, 1.54) is 18.5 Å². The van der Waals surface area contributed by atoms with E-state index in [0.29, 0.717) is 5.56 Å². The molecule has 0 bridgehead atoms. The number of rotatable bonds is 3. The summed E-state index contributed by atoms with van der Waals surface area (Å²) in [5.74, 6) is 0.0579. The first-order chi connectivity index (χ1) is 18.0. The molecule has 37 heavy (non-hydrogen) atoms. The van der Waals surface area contributed by atoms with Gasteiger partial charge in [0.1, 0.15) is 0 Å². The molecule has 1 N–H and O–H groups in total. The lowest BCUT2D eigenvalue weighted by Crippen LogP contribution is -2.47. The van der Waals surface area contributed by atoms with Crippen LogP contribution in [0.25, 0.3) is 22.0 Å². The lowest BCUT2D eigenvalue weighted by Gasteiger charge is -2.39. The van der Waals surface area contributed by atoms with Gasteiger partial charge in [-0.15, -0.1) is 0 Å². The topological polar surface area (TPSA) is 63.1 Å². The minimum absolute atomic E-state index is 0.0579. The lowest BCUT2D eigenvalue weighted by molar-refractivity contribution is 0.103. The Balaban J connectivity index is 1.40. The van der Waals surface area contributed by atoms with Gasteiger partial charge in [-0.05, 0) is 48.2 Å². The number of hydrogen-bond donors (Lipinski definition) is 1. The fraction of sp³-hybridized carbons (Fsp3) is 0.312. The quantitative estimate of drug-likeness (QED) is 0.394. The standard InChI is InChI=1S/C32H30N4O/c1-32(2)26-18-28(36-14-12-35(13-15-36)22-9-10-22)24(21-6-4-3-5-7-21)17-25(26)30(37)29-23-11-8-20(19-33)16-27(23)34-31(29)32/h3-8,11,16-18,22,34H,9-10,12-15H2,1-2H3. The maximum Gasteiger partial charge on any atom is 0.195 e. The van der Waals surface area contributed by atoms with Crippen LogP contribution in [0.3, 0.4) is 0 Å². The number of hydrogen-bond acceptors (Lipinski definition) is 4. The number of nitriles is 1. The number of benzene rings is 3. The summed E-state index contributed by atoms with van der Waals surface area (Å²) in [6, 6.07) is 23.5. The monoisotopic (exact) mass is 486 g/mol. The van der Waals surface area contributed by atoms with Gasteiger partial charge in [0.25, 0.3) is 0 Å². The zero-order valence-electron chi connectivity index (χ0n) is 21.3. The highest BCUT2D eigenvalue weighted by atomic mass is 16.1. The van der Waals surface area contributed by atoms with Gasteiger partial charge in [0, 0.05) is 71.0 Å². The number of aromatic nitrogens is 1. The Bertz CT molecular complexity index is 1600. The van der Waals surface area contributed by atoms with Crippen molar-refractivity contribution < 1.29 is 4.79 Å². The van der Waals surface area contributed by atoms with Crippen LogP contribution in [-0.2, 0) is 5.41 Å². The molecule has 0 atom stereocenters. The van der Waals surface area contributed by atoms with E-state index in [4.69, 9.17) is 0 Å². The summed E-state index contributed by atoms with van der Waals surface area (Å²) >= 11 is 0. The van der Waals surface area contributed by atoms with Crippen molar-refractivity contribution in [3.05, 3.63) is 88.6 Å². The van der Waals surface area contributed by atoms with Gasteiger partial charge in [-0.1, -0.05) is 50.2 Å². The molecule has 0 amide bonds. The number of piperazine rings is 1. The largest absolute Gasteiger partial charge is 0.368 e. The Labute approximate surface area is 217 Å². The van der Waals surface area contributed by atoms with Crippen LogP contribution in [0.15, 0.2) is 60.7 Å². The van der Waals surface area contributed by atoms with Crippen molar-refractivity contribution in [2.75, 3.05) is 31.1 Å². The molecule has 3 aromatic carbocycles. The molecule has 1 saturated carbocycles. The predicted molar refractivity (Wildman–Crippen MR) is 147 cm³/mol. The average Bonchev–Trinajstić information content (AvgIpc) is 3.71. The molecule has 3 aliphatic rings. The zero-order chi connectivity index (χ0) is 25.3. The number of carbonyl (C=O) groups excluding carboxylic acids is 1. The van der Waals surface area contributed by atoms with E-state index in [0.717, 1.165) is 76.6 Å². The zero-order valence-corrected chi connectivity index (χ0v) is 21.3. The lowest BCUT2D eigenvalue weighted by atomic mass is 9.70. The Kier molecular flexibility index (Phi) is 4.86. The molecule has 2 heterocycles. The van der Waals surface area contributed by atoms with Crippen molar-refractivity contribution in [1.29, 1.82) is 5.26 Å². The third-order valence-electron chi connectivity index (χ3n) is 8.64. The van der Waals surface area contributed by atoms with Gasteiger partial charge >= 0.3 is 0 Å². The molecule has 0 radical (unpaired) electrons. The van der Waals surface area contributed by atoms with Gasteiger partial charge < -0.3 is 9.88 Å². The normalized spacial score (nSPS) is 18.9. The minimum Gasteiger partial charge on any atom is -0.368 e.